The van der Waals surface area contributed by atoms with E-state index in [-0.39, 0.29) is 11.9 Å². The second-order valence-electron chi connectivity index (χ2n) is 7.17. The van der Waals surface area contributed by atoms with Gasteiger partial charge in [0.15, 0.2) is 0 Å². The summed E-state index contributed by atoms with van der Waals surface area (Å²) in [4.78, 5) is 19.6. The minimum absolute atomic E-state index is 0.0879. The third-order valence-corrected chi connectivity index (χ3v) is 4.78. The van der Waals surface area contributed by atoms with Gasteiger partial charge in [-0.05, 0) is 37.8 Å². The van der Waals surface area contributed by atoms with Crippen molar-refractivity contribution in [2.75, 3.05) is 19.8 Å². The van der Waals surface area contributed by atoms with Crippen LogP contribution in [0.15, 0.2) is 24.3 Å². The van der Waals surface area contributed by atoms with E-state index in [1.807, 2.05) is 23.1 Å². The minimum Gasteiger partial charge on any atom is -0.381 e. The maximum Gasteiger partial charge on any atom is 0.225 e. The van der Waals surface area contributed by atoms with Gasteiger partial charge >= 0.3 is 0 Å². The van der Waals surface area contributed by atoms with Gasteiger partial charge in [-0.2, -0.15) is 0 Å². The lowest BCUT2D eigenvalue weighted by Crippen LogP contribution is -2.32. The molecule has 1 saturated heterocycles. The first-order valence-electron chi connectivity index (χ1n) is 9.44. The molecule has 5 nitrogen and oxygen atoms in total. The van der Waals surface area contributed by atoms with Crippen LogP contribution in [0.3, 0.4) is 0 Å². The molecule has 0 saturated carbocycles. The van der Waals surface area contributed by atoms with Crippen LogP contribution in [-0.4, -0.2) is 40.1 Å². The summed E-state index contributed by atoms with van der Waals surface area (Å²) in [5.74, 6) is 1.71. The normalized spacial score (nSPS) is 17.8. The van der Waals surface area contributed by atoms with Crippen molar-refractivity contribution in [3.63, 3.8) is 0 Å². The van der Waals surface area contributed by atoms with Crippen LogP contribution in [0, 0.1) is 5.92 Å². The van der Waals surface area contributed by atoms with Crippen LogP contribution in [0.5, 0.6) is 0 Å². The summed E-state index contributed by atoms with van der Waals surface area (Å²) in [6, 6.07) is 8.30. The van der Waals surface area contributed by atoms with Crippen LogP contribution in [0.2, 0.25) is 0 Å². The number of para-hydroxylation sites is 2. The molecular formula is C20H29N3O2. The average molecular weight is 343 g/mol. The molecule has 2 heterocycles. The number of carbonyl (C=O) groups excluding carboxylic acids is 1. The average Bonchev–Trinajstić information content (AvgIpc) is 3.21. The van der Waals surface area contributed by atoms with Crippen LogP contribution in [0.25, 0.3) is 11.0 Å². The second-order valence-corrected chi connectivity index (χ2v) is 7.17. The molecule has 1 amide bonds. The van der Waals surface area contributed by atoms with Crippen LogP contribution < -0.4 is 0 Å². The third-order valence-electron chi connectivity index (χ3n) is 4.78. The molecule has 1 aliphatic heterocycles. The van der Waals surface area contributed by atoms with Gasteiger partial charge in [-0.1, -0.05) is 26.0 Å². The highest BCUT2D eigenvalue weighted by atomic mass is 16.5. The van der Waals surface area contributed by atoms with E-state index >= 15 is 0 Å². The summed E-state index contributed by atoms with van der Waals surface area (Å²) in [5, 5.41) is 0. The Labute approximate surface area is 150 Å². The summed E-state index contributed by atoms with van der Waals surface area (Å²) in [7, 11) is 0. The first kappa shape index (κ1) is 17.9. The van der Waals surface area contributed by atoms with E-state index in [0.29, 0.717) is 25.6 Å². The van der Waals surface area contributed by atoms with Gasteiger partial charge in [0.2, 0.25) is 5.91 Å². The predicted molar refractivity (Wildman–Crippen MR) is 99.4 cm³/mol. The molecule has 25 heavy (non-hydrogen) atoms. The monoisotopic (exact) mass is 343 g/mol. The van der Waals surface area contributed by atoms with E-state index in [1.54, 1.807) is 0 Å². The zero-order valence-electron chi connectivity index (χ0n) is 15.6. The highest BCUT2D eigenvalue weighted by Crippen LogP contribution is 2.33. The number of hydrogen-bond acceptors (Lipinski definition) is 3. The lowest BCUT2D eigenvalue weighted by Gasteiger charge is -2.25. The molecule has 0 unspecified atom stereocenters. The highest BCUT2D eigenvalue weighted by molar-refractivity contribution is 5.78. The van der Waals surface area contributed by atoms with Crippen LogP contribution in [0.4, 0.5) is 0 Å². The van der Waals surface area contributed by atoms with Gasteiger partial charge in [-0.25, -0.2) is 4.98 Å². The molecule has 1 aromatic heterocycles. The molecule has 0 N–H and O–H groups in total. The smallest absolute Gasteiger partial charge is 0.225 e. The van der Waals surface area contributed by atoms with Gasteiger partial charge < -0.3 is 14.2 Å². The van der Waals surface area contributed by atoms with Gasteiger partial charge in [0.05, 0.1) is 30.1 Å². The summed E-state index contributed by atoms with van der Waals surface area (Å²) in [6.07, 6.45) is 2.48. The number of hydrogen-bond donors (Lipinski definition) is 0. The number of nitrogens with zero attached hydrogens (tertiary/aromatic N) is 3. The van der Waals surface area contributed by atoms with Gasteiger partial charge in [0, 0.05) is 19.7 Å². The fourth-order valence-electron chi connectivity index (χ4n) is 3.64. The molecule has 0 aliphatic carbocycles. The fourth-order valence-corrected chi connectivity index (χ4v) is 3.64. The van der Waals surface area contributed by atoms with Crippen molar-refractivity contribution in [3.8, 4) is 0 Å². The summed E-state index contributed by atoms with van der Waals surface area (Å²) in [6.45, 7) is 9.28. The largest absolute Gasteiger partial charge is 0.381 e. The Morgan fingerprint density at radius 1 is 1.36 bits per heavy atom. The molecule has 1 fully saturated rings. The van der Waals surface area contributed by atoms with E-state index < -0.39 is 0 Å². The molecule has 136 valence electrons. The van der Waals surface area contributed by atoms with Gasteiger partial charge in [0.25, 0.3) is 0 Å². The highest BCUT2D eigenvalue weighted by Gasteiger charge is 2.33. The van der Waals surface area contributed by atoms with E-state index in [4.69, 9.17) is 9.72 Å². The minimum atomic E-state index is 0.0879. The van der Waals surface area contributed by atoms with Crippen molar-refractivity contribution in [2.24, 2.45) is 5.92 Å². The maximum atomic E-state index is 12.7. The van der Waals surface area contributed by atoms with Crippen molar-refractivity contribution in [3.05, 3.63) is 30.1 Å². The number of rotatable bonds is 7. The molecule has 1 aliphatic rings. The number of imidazole rings is 1. The van der Waals surface area contributed by atoms with Crippen molar-refractivity contribution < 1.29 is 9.53 Å². The topological polar surface area (TPSA) is 47.4 Å². The van der Waals surface area contributed by atoms with Crippen molar-refractivity contribution in [2.45, 2.75) is 52.6 Å². The van der Waals surface area contributed by atoms with Crippen LogP contribution >= 0.6 is 0 Å². The van der Waals surface area contributed by atoms with E-state index in [1.165, 1.54) is 0 Å². The SMILES string of the molecule is CCn1c([C@@H]2CCCN2C(=O)CCOCC(C)C)nc2ccccc21. The van der Waals surface area contributed by atoms with Crippen molar-refractivity contribution in [1.29, 1.82) is 0 Å². The number of ether oxygens (including phenoxy) is 1. The molecule has 5 heteroatoms. The fraction of sp³-hybridized carbons (Fsp3) is 0.600. The first-order chi connectivity index (χ1) is 12.1. The van der Waals surface area contributed by atoms with Gasteiger partial charge in [-0.3, -0.25) is 4.79 Å². The van der Waals surface area contributed by atoms with Crippen molar-refractivity contribution in [1.82, 2.24) is 14.5 Å². The Hall–Kier alpha value is -1.88. The summed E-state index contributed by atoms with van der Waals surface area (Å²) < 4.78 is 7.84. The molecule has 3 rings (SSSR count). The zero-order valence-corrected chi connectivity index (χ0v) is 15.6. The Bertz CT molecular complexity index is 723. The first-order valence-corrected chi connectivity index (χ1v) is 9.44. The van der Waals surface area contributed by atoms with Gasteiger partial charge in [-0.15, -0.1) is 0 Å². The predicted octanol–water partition coefficient (Wildman–Crippen LogP) is 3.78. The van der Waals surface area contributed by atoms with E-state index in [2.05, 4.69) is 31.4 Å². The Morgan fingerprint density at radius 3 is 2.92 bits per heavy atom. The standard InChI is InChI=1S/C20H29N3O2/c1-4-22-17-9-6-5-8-16(17)21-20(22)18-10-7-12-23(18)19(24)11-13-25-14-15(2)3/h5-6,8-9,15,18H,4,7,10-14H2,1-3H3/t18-/m0/s1. The zero-order chi connectivity index (χ0) is 17.8. The third kappa shape index (κ3) is 3.87. The number of carbonyl (C=O) groups is 1. The molecular weight excluding hydrogens is 314 g/mol. The molecule has 1 aromatic carbocycles. The molecule has 0 spiro atoms. The summed E-state index contributed by atoms with van der Waals surface area (Å²) in [5.41, 5.74) is 2.17. The Kier molecular flexibility index (Phi) is 5.74. The van der Waals surface area contributed by atoms with Crippen LogP contribution in [-0.2, 0) is 16.1 Å². The van der Waals surface area contributed by atoms with E-state index in [9.17, 15) is 4.79 Å². The lowest BCUT2D eigenvalue weighted by atomic mass is 10.2. The quantitative estimate of drug-likeness (QED) is 0.719. The molecule has 0 radical (unpaired) electrons. The number of amides is 1. The molecule has 2 aromatic rings. The van der Waals surface area contributed by atoms with Gasteiger partial charge in [0.1, 0.15) is 5.82 Å². The number of aromatic nitrogens is 2. The number of likely N-dealkylation sites (tertiary alicyclic amines) is 1. The molecule has 1 atom stereocenters. The number of aryl methyl sites for hydroxylation is 1. The summed E-state index contributed by atoms with van der Waals surface area (Å²) >= 11 is 0. The number of benzene rings is 1. The lowest BCUT2D eigenvalue weighted by molar-refractivity contribution is -0.133. The van der Waals surface area contributed by atoms with E-state index in [0.717, 1.165) is 42.8 Å². The molecule has 0 bridgehead atoms. The maximum absolute atomic E-state index is 12.7. The van der Waals surface area contributed by atoms with Crippen LogP contribution in [0.1, 0.15) is 51.9 Å². The Morgan fingerprint density at radius 2 is 2.16 bits per heavy atom. The van der Waals surface area contributed by atoms with Crippen molar-refractivity contribution >= 4 is 16.9 Å². The Balaban J connectivity index is 1.74. The second kappa shape index (κ2) is 8.00. The number of fused-ring (bicyclic) bond motifs is 1.